The number of rotatable bonds is 2. The van der Waals surface area contributed by atoms with Gasteiger partial charge in [0.05, 0.1) is 11.8 Å². The summed E-state index contributed by atoms with van der Waals surface area (Å²) in [5.74, 6) is -1.47. The third-order valence-electron chi connectivity index (χ3n) is 2.86. The fourth-order valence-corrected chi connectivity index (χ4v) is 1.97. The molecule has 0 aliphatic heterocycles. The standard InChI is InChI=1S/C14H12FNO2/c1-8-5-9(2)12(14(17)18)6-11(8)10-3-4-16-7-13(10)15/h3-7H,1-2H3,(H,17,18). The number of carbonyl (C=O) groups is 1. The van der Waals surface area contributed by atoms with Crippen LogP contribution in [0.15, 0.2) is 30.6 Å². The zero-order valence-electron chi connectivity index (χ0n) is 10.1. The smallest absolute Gasteiger partial charge is 0.335 e. The number of carboxylic acids is 1. The Hall–Kier alpha value is -2.23. The second-order valence-corrected chi connectivity index (χ2v) is 4.14. The van der Waals surface area contributed by atoms with E-state index < -0.39 is 11.8 Å². The average Bonchev–Trinajstić information content (AvgIpc) is 2.30. The molecule has 0 unspecified atom stereocenters. The molecule has 0 saturated carbocycles. The van der Waals surface area contributed by atoms with Crippen molar-refractivity contribution in [3.8, 4) is 11.1 Å². The Balaban J connectivity index is 2.69. The average molecular weight is 245 g/mol. The van der Waals surface area contributed by atoms with E-state index in [2.05, 4.69) is 4.98 Å². The second-order valence-electron chi connectivity index (χ2n) is 4.14. The third kappa shape index (κ3) is 2.09. The van der Waals surface area contributed by atoms with E-state index in [1.807, 2.05) is 6.92 Å². The molecule has 4 heteroatoms. The Morgan fingerprint density at radius 1 is 1.22 bits per heavy atom. The Kier molecular flexibility index (Phi) is 3.10. The lowest BCUT2D eigenvalue weighted by Gasteiger charge is -2.10. The Bertz CT molecular complexity index is 623. The number of carboxylic acid groups (broad SMARTS) is 1. The van der Waals surface area contributed by atoms with Crippen LogP contribution in [0.5, 0.6) is 0 Å². The number of nitrogens with zero attached hydrogens (tertiary/aromatic N) is 1. The van der Waals surface area contributed by atoms with E-state index in [4.69, 9.17) is 5.11 Å². The molecule has 1 N–H and O–H groups in total. The molecule has 0 radical (unpaired) electrons. The number of hydrogen-bond acceptors (Lipinski definition) is 2. The highest BCUT2D eigenvalue weighted by molar-refractivity contribution is 5.91. The summed E-state index contributed by atoms with van der Waals surface area (Å²) in [6, 6.07) is 4.79. The van der Waals surface area contributed by atoms with E-state index in [0.29, 0.717) is 16.7 Å². The van der Waals surface area contributed by atoms with Crippen molar-refractivity contribution in [2.75, 3.05) is 0 Å². The largest absolute Gasteiger partial charge is 0.478 e. The summed E-state index contributed by atoms with van der Waals surface area (Å²) in [7, 11) is 0. The van der Waals surface area contributed by atoms with Crippen molar-refractivity contribution in [1.82, 2.24) is 4.98 Å². The number of aromatic nitrogens is 1. The maximum Gasteiger partial charge on any atom is 0.335 e. The van der Waals surface area contributed by atoms with Crippen molar-refractivity contribution in [2.45, 2.75) is 13.8 Å². The molecular formula is C14H12FNO2. The minimum absolute atomic E-state index is 0.187. The van der Waals surface area contributed by atoms with Gasteiger partial charge in [0.15, 0.2) is 0 Å². The van der Waals surface area contributed by atoms with Gasteiger partial charge in [0.1, 0.15) is 5.82 Å². The van der Waals surface area contributed by atoms with Gasteiger partial charge in [-0.3, -0.25) is 4.98 Å². The van der Waals surface area contributed by atoms with Gasteiger partial charge in [0.25, 0.3) is 0 Å². The van der Waals surface area contributed by atoms with E-state index in [1.165, 1.54) is 12.3 Å². The molecule has 1 aromatic heterocycles. The summed E-state index contributed by atoms with van der Waals surface area (Å²) in [6.45, 7) is 3.55. The maximum atomic E-state index is 13.7. The molecule has 3 nitrogen and oxygen atoms in total. The summed E-state index contributed by atoms with van der Waals surface area (Å²) in [5.41, 5.74) is 2.63. The van der Waals surface area contributed by atoms with E-state index in [9.17, 15) is 9.18 Å². The van der Waals surface area contributed by atoms with E-state index in [0.717, 1.165) is 11.8 Å². The van der Waals surface area contributed by atoms with Crippen LogP contribution in [-0.2, 0) is 0 Å². The molecule has 0 fully saturated rings. The summed E-state index contributed by atoms with van der Waals surface area (Å²) in [4.78, 5) is 14.8. The number of benzene rings is 1. The molecule has 0 spiro atoms. The minimum atomic E-state index is -1.01. The Morgan fingerprint density at radius 2 is 1.94 bits per heavy atom. The first kappa shape index (κ1) is 12.2. The van der Waals surface area contributed by atoms with Gasteiger partial charge in [0, 0.05) is 11.8 Å². The monoisotopic (exact) mass is 245 g/mol. The van der Waals surface area contributed by atoms with Crippen LogP contribution < -0.4 is 0 Å². The van der Waals surface area contributed by atoms with Crippen LogP contribution in [0, 0.1) is 19.7 Å². The third-order valence-corrected chi connectivity index (χ3v) is 2.86. The molecule has 0 saturated heterocycles. The van der Waals surface area contributed by atoms with Crippen LogP contribution in [0.1, 0.15) is 21.5 Å². The molecule has 18 heavy (non-hydrogen) atoms. The number of hydrogen-bond donors (Lipinski definition) is 1. The van der Waals surface area contributed by atoms with E-state index in [1.54, 1.807) is 19.1 Å². The summed E-state index contributed by atoms with van der Waals surface area (Å²) in [6.07, 6.45) is 2.60. The van der Waals surface area contributed by atoms with Crippen LogP contribution >= 0.6 is 0 Å². The van der Waals surface area contributed by atoms with Crippen molar-refractivity contribution < 1.29 is 14.3 Å². The highest BCUT2D eigenvalue weighted by Crippen LogP contribution is 2.28. The first-order chi connectivity index (χ1) is 8.50. The predicted octanol–water partition coefficient (Wildman–Crippen LogP) is 3.20. The van der Waals surface area contributed by atoms with Gasteiger partial charge in [-0.05, 0) is 42.7 Å². The van der Waals surface area contributed by atoms with Crippen LogP contribution in [0.4, 0.5) is 4.39 Å². The van der Waals surface area contributed by atoms with E-state index >= 15 is 0 Å². The molecule has 0 aliphatic rings. The molecule has 2 aromatic rings. The predicted molar refractivity (Wildman–Crippen MR) is 66.1 cm³/mol. The molecule has 0 atom stereocenters. The molecule has 92 valence electrons. The second kappa shape index (κ2) is 4.56. The SMILES string of the molecule is Cc1cc(C)c(-c2ccncc2F)cc1C(=O)O. The Labute approximate surface area is 104 Å². The lowest BCUT2D eigenvalue weighted by atomic mass is 9.95. The summed E-state index contributed by atoms with van der Waals surface area (Å²) in [5, 5.41) is 9.09. The Morgan fingerprint density at radius 3 is 2.56 bits per heavy atom. The molecule has 1 heterocycles. The van der Waals surface area contributed by atoms with Crippen LogP contribution in [0.2, 0.25) is 0 Å². The van der Waals surface area contributed by atoms with Crippen LogP contribution in [0.25, 0.3) is 11.1 Å². The molecule has 1 aromatic carbocycles. The van der Waals surface area contributed by atoms with Gasteiger partial charge in [-0.15, -0.1) is 0 Å². The zero-order valence-corrected chi connectivity index (χ0v) is 10.1. The molecule has 0 bridgehead atoms. The normalized spacial score (nSPS) is 10.4. The topological polar surface area (TPSA) is 50.2 Å². The lowest BCUT2D eigenvalue weighted by Crippen LogP contribution is -2.02. The van der Waals surface area contributed by atoms with Crippen molar-refractivity contribution in [3.63, 3.8) is 0 Å². The van der Waals surface area contributed by atoms with Gasteiger partial charge < -0.3 is 5.11 Å². The maximum absolute atomic E-state index is 13.7. The molecule has 2 rings (SSSR count). The highest BCUT2D eigenvalue weighted by Gasteiger charge is 2.13. The number of halogens is 1. The summed E-state index contributed by atoms with van der Waals surface area (Å²) >= 11 is 0. The van der Waals surface area contributed by atoms with Gasteiger partial charge >= 0.3 is 5.97 Å². The minimum Gasteiger partial charge on any atom is -0.478 e. The lowest BCUT2D eigenvalue weighted by molar-refractivity contribution is 0.0696. The van der Waals surface area contributed by atoms with Gasteiger partial charge in [-0.2, -0.15) is 0 Å². The zero-order chi connectivity index (χ0) is 13.3. The van der Waals surface area contributed by atoms with Crippen LogP contribution in [-0.4, -0.2) is 16.1 Å². The van der Waals surface area contributed by atoms with Gasteiger partial charge in [0.2, 0.25) is 0 Å². The quantitative estimate of drug-likeness (QED) is 0.883. The summed E-state index contributed by atoms with van der Waals surface area (Å²) < 4.78 is 13.7. The van der Waals surface area contributed by atoms with E-state index in [-0.39, 0.29) is 5.56 Å². The fraction of sp³-hybridized carbons (Fsp3) is 0.143. The van der Waals surface area contributed by atoms with Gasteiger partial charge in [-0.1, -0.05) is 6.07 Å². The molecular weight excluding hydrogens is 233 g/mol. The molecule has 0 aliphatic carbocycles. The van der Waals surface area contributed by atoms with Crippen molar-refractivity contribution in [2.24, 2.45) is 0 Å². The van der Waals surface area contributed by atoms with Crippen LogP contribution in [0.3, 0.4) is 0 Å². The number of aromatic carboxylic acids is 1. The fourth-order valence-electron chi connectivity index (χ4n) is 1.97. The highest BCUT2D eigenvalue weighted by atomic mass is 19.1. The number of aryl methyl sites for hydroxylation is 2. The molecule has 0 amide bonds. The van der Waals surface area contributed by atoms with Gasteiger partial charge in [-0.25, -0.2) is 9.18 Å². The number of pyridine rings is 1. The van der Waals surface area contributed by atoms with Crippen molar-refractivity contribution >= 4 is 5.97 Å². The first-order valence-corrected chi connectivity index (χ1v) is 5.45. The first-order valence-electron chi connectivity index (χ1n) is 5.45. The van der Waals surface area contributed by atoms with Crippen molar-refractivity contribution in [3.05, 3.63) is 53.1 Å². The van der Waals surface area contributed by atoms with Crippen molar-refractivity contribution in [1.29, 1.82) is 0 Å².